The lowest BCUT2D eigenvalue weighted by Gasteiger charge is -1.92. The van der Waals surface area contributed by atoms with E-state index in [1.54, 1.807) is 12.1 Å². The van der Waals surface area contributed by atoms with Gasteiger partial charge in [0.05, 0.1) is 13.0 Å². The maximum atomic E-state index is 5.78. The van der Waals surface area contributed by atoms with Gasteiger partial charge in [-0.1, -0.05) is 16.8 Å². The third kappa shape index (κ3) is 2.34. The van der Waals surface area contributed by atoms with Crippen LogP contribution in [0.4, 0.5) is 0 Å². The Morgan fingerprint density at radius 1 is 1.27 bits per heavy atom. The summed E-state index contributed by atoms with van der Waals surface area (Å²) in [5.41, 5.74) is 4.63. The van der Waals surface area contributed by atoms with Crippen LogP contribution in [0.3, 0.4) is 0 Å². The molecule has 1 aromatic carbocycles. The van der Waals surface area contributed by atoms with E-state index in [4.69, 9.17) is 16.1 Å². The summed E-state index contributed by atoms with van der Waals surface area (Å²) in [4.78, 5) is 4.24. The first-order chi connectivity index (χ1) is 7.29. The average Bonchev–Trinajstić information content (AvgIpc) is 2.68. The molecule has 0 radical (unpaired) electrons. The van der Waals surface area contributed by atoms with Gasteiger partial charge >= 0.3 is 0 Å². The molecule has 0 unspecified atom stereocenters. The van der Waals surface area contributed by atoms with E-state index < -0.39 is 0 Å². The van der Waals surface area contributed by atoms with Crippen molar-refractivity contribution in [1.82, 2.24) is 10.1 Å². The molecule has 3 N–H and O–H groups in total. The molecular formula is C10H11ClN3O+. The first kappa shape index (κ1) is 10.1. The van der Waals surface area contributed by atoms with Crippen LogP contribution in [0.25, 0.3) is 11.4 Å². The second kappa shape index (κ2) is 4.42. The highest BCUT2D eigenvalue weighted by Gasteiger charge is 2.07. The van der Waals surface area contributed by atoms with Gasteiger partial charge in [0.15, 0.2) is 0 Å². The second-order valence-electron chi connectivity index (χ2n) is 3.12. The van der Waals surface area contributed by atoms with Gasteiger partial charge in [-0.25, -0.2) is 0 Å². The maximum Gasteiger partial charge on any atom is 0.232 e. The lowest BCUT2D eigenvalue weighted by atomic mass is 10.2. The van der Waals surface area contributed by atoms with Crippen LogP contribution >= 0.6 is 11.6 Å². The summed E-state index contributed by atoms with van der Waals surface area (Å²) >= 11 is 5.78. The molecule has 78 valence electrons. The minimum atomic E-state index is 0.593. The summed E-state index contributed by atoms with van der Waals surface area (Å²) in [6, 6.07) is 7.32. The van der Waals surface area contributed by atoms with E-state index in [9.17, 15) is 0 Å². The Bertz CT molecular complexity index is 438. The highest BCUT2D eigenvalue weighted by molar-refractivity contribution is 6.30. The van der Waals surface area contributed by atoms with E-state index in [1.165, 1.54) is 0 Å². The molecule has 1 aromatic heterocycles. The van der Waals surface area contributed by atoms with Gasteiger partial charge in [-0.15, -0.1) is 0 Å². The molecule has 1 heterocycles. The SMILES string of the molecule is [NH3+]CCc1nc(-c2ccc(Cl)cc2)no1. The minimum Gasteiger partial charge on any atom is -0.357 e. The molecule has 0 saturated heterocycles. The highest BCUT2D eigenvalue weighted by atomic mass is 35.5. The van der Waals surface area contributed by atoms with E-state index in [1.807, 2.05) is 12.1 Å². The molecule has 5 heteroatoms. The largest absolute Gasteiger partial charge is 0.357 e. The normalized spacial score (nSPS) is 10.5. The Balaban J connectivity index is 2.25. The maximum absolute atomic E-state index is 5.78. The number of hydrogen-bond acceptors (Lipinski definition) is 3. The zero-order valence-electron chi connectivity index (χ0n) is 8.11. The summed E-state index contributed by atoms with van der Waals surface area (Å²) < 4.78 is 5.06. The van der Waals surface area contributed by atoms with Crippen molar-refractivity contribution in [2.45, 2.75) is 6.42 Å². The van der Waals surface area contributed by atoms with Crippen LogP contribution in [-0.2, 0) is 6.42 Å². The van der Waals surface area contributed by atoms with E-state index in [2.05, 4.69) is 15.9 Å². The lowest BCUT2D eigenvalue weighted by molar-refractivity contribution is -0.367. The molecule has 4 nitrogen and oxygen atoms in total. The fourth-order valence-electron chi connectivity index (χ4n) is 1.22. The summed E-state index contributed by atoms with van der Waals surface area (Å²) in [5.74, 6) is 1.21. The molecule has 15 heavy (non-hydrogen) atoms. The van der Waals surface area contributed by atoms with Crippen LogP contribution in [0.5, 0.6) is 0 Å². The van der Waals surface area contributed by atoms with E-state index in [-0.39, 0.29) is 0 Å². The summed E-state index contributed by atoms with van der Waals surface area (Å²) in [5, 5.41) is 4.57. The van der Waals surface area contributed by atoms with Crippen molar-refractivity contribution >= 4 is 11.6 Å². The average molecular weight is 225 g/mol. The quantitative estimate of drug-likeness (QED) is 0.851. The Morgan fingerprint density at radius 3 is 2.67 bits per heavy atom. The molecule has 2 aromatic rings. The van der Waals surface area contributed by atoms with Crippen LogP contribution in [0.2, 0.25) is 5.02 Å². The van der Waals surface area contributed by atoms with Gasteiger partial charge in [-0.05, 0) is 24.3 Å². The first-order valence-electron chi connectivity index (χ1n) is 4.67. The van der Waals surface area contributed by atoms with E-state index in [0.717, 1.165) is 12.1 Å². The molecule has 0 amide bonds. The van der Waals surface area contributed by atoms with E-state index >= 15 is 0 Å². The number of quaternary nitrogens is 1. The zero-order valence-corrected chi connectivity index (χ0v) is 8.87. The molecule has 0 aliphatic rings. The topological polar surface area (TPSA) is 66.6 Å². The molecule has 0 fully saturated rings. The van der Waals surface area contributed by atoms with Gasteiger partial charge < -0.3 is 10.3 Å². The predicted octanol–water partition coefficient (Wildman–Crippen LogP) is 1.17. The van der Waals surface area contributed by atoms with Crippen LogP contribution in [0.15, 0.2) is 28.8 Å². The molecule has 0 atom stereocenters. The number of rotatable bonds is 3. The van der Waals surface area contributed by atoms with Gasteiger partial charge in [-0.2, -0.15) is 4.98 Å². The van der Waals surface area contributed by atoms with Crippen molar-refractivity contribution in [1.29, 1.82) is 0 Å². The molecule has 0 aliphatic carbocycles. The van der Waals surface area contributed by atoms with Crippen molar-refractivity contribution in [3.8, 4) is 11.4 Å². The van der Waals surface area contributed by atoms with Gasteiger partial charge in [0.1, 0.15) is 0 Å². The second-order valence-corrected chi connectivity index (χ2v) is 3.56. The third-order valence-corrected chi connectivity index (χ3v) is 2.21. The molecule has 0 spiro atoms. The summed E-state index contributed by atoms with van der Waals surface area (Å²) in [6.45, 7) is 0.752. The number of benzene rings is 1. The van der Waals surface area contributed by atoms with Crippen molar-refractivity contribution in [3.63, 3.8) is 0 Å². The summed E-state index contributed by atoms with van der Waals surface area (Å²) in [7, 11) is 0. The Hall–Kier alpha value is -1.39. The molecular weight excluding hydrogens is 214 g/mol. The third-order valence-electron chi connectivity index (χ3n) is 1.96. The fraction of sp³-hybridized carbons (Fsp3) is 0.200. The van der Waals surface area contributed by atoms with Gasteiger partial charge in [0, 0.05) is 10.6 Å². The number of nitrogens with zero attached hydrogens (tertiary/aromatic N) is 2. The van der Waals surface area contributed by atoms with E-state index in [0.29, 0.717) is 23.2 Å². The standard InChI is InChI=1S/C10H10ClN3O/c11-8-3-1-7(2-4-8)10-13-9(5-6-12)15-14-10/h1-4H,5-6,12H2/p+1. The Kier molecular flexibility index (Phi) is 2.99. The van der Waals surface area contributed by atoms with Crippen molar-refractivity contribution in [3.05, 3.63) is 35.2 Å². The van der Waals surface area contributed by atoms with Crippen LogP contribution in [-0.4, -0.2) is 16.7 Å². The highest BCUT2D eigenvalue weighted by Crippen LogP contribution is 2.18. The lowest BCUT2D eigenvalue weighted by Crippen LogP contribution is -2.51. The van der Waals surface area contributed by atoms with Crippen LogP contribution in [0.1, 0.15) is 5.89 Å². The molecule has 0 bridgehead atoms. The van der Waals surface area contributed by atoms with Gasteiger partial charge in [0.2, 0.25) is 11.7 Å². The summed E-state index contributed by atoms with van der Waals surface area (Å²) in [6.07, 6.45) is 0.709. The Labute approximate surface area is 92.0 Å². The first-order valence-corrected chi connectivity index (χ1v) is 5.05. The fourth-order valence-corrected chi connectivity index (χ4v) is 1.35. The number of hydrogen-bond donors (Lipinski definition) is 1. The van der Waals surface area contributed by atoms with Gasteiger partial charge in [-0.3, -0.25) is 0 Å². The van der Waals surface area contributed by atoms with Crippen LogP contribution in [0, 0.1) is 0 Å². The van der Waals surface area contributed by atoms with Gasteiger partial charge in [0.25, 0.3) is 0 Å². The monoisotopic (exact) mass is 224 g/mol. The number of halogens is 1. The number of aromatic nitrogens is 2. The molecule has 0 aliphatic heterocycles. The van der Waals surface area contributed by atoms with Crippen molar-refractivity contribution in [2.75, 3.05) is 6.54 Å². The Morgan fingerprint density at radius 2 is 2.00 bits per heavy atom. The van der Waals surface area contributed by atoms with Crippen molar-refractivity contribution < 1.29 is 10.3 Å². The smallest absolute Gasteiger partial charge is 0.232 e. The van der Waals surface area contributed by atoms with Crippen molar-refractivity contribution in [2.24, 2.45) is 0 Å². The molecule has 2 rings (SSSR count). The van der Waals surface area contributed by atoms with Crippen LogP contribution < -0.4 is 5.73 Å². The zero-order chi connectivity index (χ0) is 10.7. The molecule has 0 saturated carbocycles. The minimum absolute atomic E-state index is 0.593. The predicted molar refractivity (Wildman–Crippen MR) is 56.2 cm³/mol.